The molecule has 1 aliphatic heterocycles. The molecular formula is C16H34N4O. The first kappa shape index (κ1) is 18.4. The molecule has 0 unspecified atom stereocenters. The molecule has 1 fully saturated rings. The highest BCUT2D eigenvalue weighted by Gasteiger charge is 2.28. The minimum absolute atomic E-state index is 0.137. The number of rotatable bonds is 7. The molecule has 0 saturated carbocycles. The van der Waals surface area contributed by atoms with Crippen molar-refractivity contribution in [3.05, 3.63) is 0 Å². The molecule has 1 saturated heterocycles. The van der Waals surface area contributed by atoms with Gasteiger partial charge in [0.05, 0.1) is 6.04 Å². The number of nitrogens with two attached hydrogens (primary N) is 1. The summed E-state index contributed by atoms with van der Waals surface area (Å²) >= 11 is 0. The fourth-order valence-corrected chi connectivity index (χ4v) is 2.91. The first-order chi connectivity index (χ1) is 9.81. The summed E-state index contributed by atoms with van der Waals surface area (Å²) < 4.78 is 0. The van der Waals surface area contributed by atoms with Gasteiger partial charge in [-0.15, -0.1) is 0 Å². The highest BCUT2D eigenvalue weighted by atomic mass is 16.2. The number of hydrogen-bond donors (Lipinski definition) is 1. The van der Waals surface area contributed by atoms with Gasteiger partial charge < -0.3 is 20.4 Å². The zero-order chi connectivity index (χ0) is 16.0. The van der Waals surface area contributed by atoms with E-state index < -0.39 is 0 Å². The SMILES string of the molecule is CC(C)C[C@H](N)C(=O)N1CCC(N(C)CCN(C)C)CC1. The van der Waals surface area contributed by atoms with E-state index in [0.717, 1.165) is 45.4 Å². The third kappa shape index (κ3) is 6.32. The highest BCUT2D eigenvalue weighted by molar-refractivity contribution is 5.81. The van der Waals surface area contributed by atoms with Gasteiger partial charge in [0.2, 0.25) is 5.91 Å². The molecule has 5 nitrogen and oxygen atoms in total. The lowest BCUT2D eigenvalue weighted by atomic mass is 10.00. The molecule has 0 aromatic rings. The molecule has 1 aliphatic rings. The lowest BCUT2D eigenvalue weighted by molar-refractivity contribution is -0.134. The maximum Gasteiger partial charge on any atom is 0.239 e. The lowest BCUT2D eigenvalue weighted by Crippen LogP contribution is -2.51. The summed E-state index contributed by atoms with van der Waals surface area (Å²) in [7, 11) is 6.40. The number of hydrogen-bond acceptors (Lipinski definition) is 4. The summed E-state index contributed by atoms with van der Waals surface area (Å²) in [4.78, 5) is 18.9. The van der Waals surface area contributed by atoms with Crippen LogP contribution in [0.3, 0.4) is 0 Å². The van der Waals surface area contributed by atoms with Crippen molar-refractivity contribution in [1.29, 1.82) is 0 Å². The predicted molar refractivity (Wildman–Crippen MR) is 88.2 cm³/mol. The summed E-state index contributed by atoms with van der Waals surface area (Å²) in [6, 6.07) is 0.267. The molecule has 1 heterocycles. The van der Waals surface area contributed by atoms with Gasteiger partial charge in [-0.2, -0.15) is 0 Å². The van der Waals surface area contributed by atoms with Crippen LogP contribution in [-0.4, -0.2) is 80.0 Å². The summed E-state index contributed by atoms with van der Waals surface area (Å²) in [5.41, 5.74) is 6.02. The summed E-state index contributed by atoms with van der Waals surface area (Å²) in [6.45, 7) is 8.08. The first-order valence-electron chi connectivity index (χ1n) is 8.20. The molecule has 1 atom stereocenters. The van der Waals surface area contributed by atoms with E-state index in [1.165, 1.54) is 0 Å². The Morgan fingerprint density at radius 2 is 1.76 bits per heavy atom. The Bertz CT molecular complexity index is 311. The zero-order valence-corrected chi connectivity index (χ0v) is 14.5. The average molecular weight is 298 g/mol. The predicted octanol–water partition coefficient (Wildman–Crippen LogP) is 0.844. The average Bonchev–Trinajstić information content (AvgIpc) is 2.43. The number of nitrogens with zero attached hydrogens (tertiary/aromatic N) is 3. The van der Waals surface area contributed by atoms with Crippen molar-refractivity contribution in [2.24, 2.45) is 11.7 Å². The topological polar surface area (TPSA) is 52.8 Å². The van der Waals surface area contributed by atoms with E-state index in [-0.39, 0.29) is 11.9 Å². The van der Waals surface area contributed by atoms with E-state index in [1.54, 1.807) is 0 Å². The maximum atomic E-state index is 12.3. The van der Waals surface area contributed by atoms with E-state index in [9.17, 15) is 4.79 Å². The number of carbonyl (C=O) groups excluding carboxylic acids is 1. The quantitative estimate of drug-likeness (QED) is 0.757. The Balaban J connectivity index is 2.36. The number of amides is 1. The monoisotopic (exact) mass is 298 g/mol. The van der Waals surface area contributed by atoms with Crippen LogP contribution in [0.2, 0.25) is 0 Å². The minimum atomic E-state index is -0.326. The van der Waals surface area contributed by atoms with Crippen LogP contribution in [0.15, 0.2) is 0 Å². The van der Waals surface area contributed by atoms with Crippen LogP contribution in [0.25, 0.3) is 0 Å². The Morgan fingerprint density at radius 1 is 1.19 bits per heavy atom. The second-order valence-corrected chi connectivity index (χ2v) is 7.08. The Hall–Kier alpha value is -0.650. The molecule has 21 heavy (non-hydrogen) atoms. The van der Waals surface area contributed by atoms with Gasteiger partial charge in [-0.05, 0) is 46.3 Å². The normalized spacial score (nSPS) is 18.8. The number of likely N-dealkylation sites (N-methyl/N-ethyl adjacent to an activating group) is 2. The Kier molecular flexibility index (Phi) is 7.63. The van der Waals surface area contributed by atoms with Crippen LogP contribution in [0.1, 0.15) is 33.1 Å². The number of likely N-dealkylation sites (tertiary alicyclic amines) is 1. The molecule has 0 aromatic heterocycles. The number of carbonyl (C=O) groups is 1. The number of piperidine rings is 1. The van der Waals surface area contributed by atoms with Gasteiger partial charge in [-0.3, -0.25) is 4.79 Å². The standard InChI is InChI=1S/C16H34N4O/c1-13(2)12-15(17)16(21)20-8-6-14(7-9-20)19(5)11-10-18(3)4/h13-15H,6-12,17H2,1-5H3/t15-/m0/s1. The van der Waals surface area contributed by atoms with Gasteiger partial charge in [0, 0.05) is 32.2 Å². The van der Waals surface area contributed by atoms with E-state index in [0.29, 0.717) is 12.0 Å². The summed E-state index contributed by atoms with van der Waals surface area (Å²) in [5, 5.41) is 0. The van der Waals surface area contributed by atoms with Crippen molar-refractivity contribution in [3.8, 4) is 0 Å². The van der Waals surface area contributed by atoms with Crippen molar-refractivity contribution >= 4 is 5.91 Å². The van der Waals surface area contributed by atoms with Crippen molar-refractivity contribution in [1.82, 2.24) is 14.7 Å². The van der Waals surface area contributed by atoms with Crippen molar-refractivity contribution < 1.29 is 4.79 Å². The lowest BCUT2D eigenvalue weighted by Gasteiger charge is -2.38. The Labute approximate surface area is 130 Å². The van der Waals surface area contributed by atoms with Gasteiger partial charge >= 0.3 is 0 Å². The molecule has 5 heteroatoms. The second kappa shape index (κ2) is 8.71. The van der Waals surface area contributed by atoms with E-state index >= 15 is 0 Å². The van der Waals surface area contributed by atoms with Crippen molar-refractivity contribution in [3.63, 3.8) is 0 Å². The summed E-state index contributed by atoms with van der Waals surface area (Å²) in [6.07, 6.45) is 2.90. The maximum absolute atomic E-state index is 12.3. The van der Waals surface area contributed by atoms with Gasteiger partial charge in [-0.1, -0.05) is 13.8 Å². The molecule has 1 rings (SSSR count). The molecule has 2 N–H and O–H groups in total. The van der Waals surface area contributed by atoms with E-state index in [2.05, 4.69) is 44.8 Å². The molecule has 0 radical (unpaired) electrons. The first-order valence-corrected chi connectivity index (χ1v) is 8.20. The zero-order valence-electron chi connectivity index (χ0n) is 14.5. The molecule has 1 amide bonds. The van der Waals surface area contributed by atoms with Crippen LogP contribution >= 0.6 is 0 Å². The Morgan fingerprint density at radius 3 is 2.24 bits per heavy atom. The van der Waals surface area contributed by atoms with Crippen LogP contribution in [0, 0.1) is 5.92 Å². The van der Waals surface area contributed by atoms with Gasteiger partial charge in [0.25, 0.3) is 0 Å². The van der Waals surface area contributed by atoms with Gasteiger partial charge in [-0.25, -0.2) is 0 Å². The fourth-order valence-electron chi connectivity index (χ4n) is 2.91. The van der Waals surface area contributed by atoms with E-state index in [1.807, 2.05) is 4.90 Å². The highest BCUT2D eigenvalue weighted by Crippen LogP contribution is 2.17. The molecule has 0 aromatic carbocycles. The smallest absolute Gasteiger partial charge is 0.239 e. The van der Waals surface area contributed by atoms with Gasteiger partial charge in [0.1, 0.15) is 0 Å². The third-order valence-corrected chi connectivity index (χ3v) is 4.34. The molecule has 0 bridgehead atoms. The van der Waals surface area contributed by atoms with Gasteiger partial charge in [0.15, 0.2) is 0 Å². The molecule has 0 spiro atoms. The molecule has 124 valence electrons. The van der Waals surface area contributed by atoms with E-state index in [4.69, 9.17) is 5.73 Å². The molecule has 0 aliphatic carbocycles. The largest absolute Gasteiger partial charge is 0.341 e. The summed E-state index contributed by atoms with van der Waals surface area (Å²) in [5.74, 6) is 0.608. The fraction of sp³-hybridized carbons (Fsp3) is 0.938. The van der Waals surface area contributed by atoms with Crippen molar-refractivity contribution in [2.45, 2.75) is 45.2 Å². The van der Waals surface area contributed by atoms with Crippen LogP contribution in [0.5, 0.6) is 0 Å². The second-order valence-electron chi connectivity index (χ2n) is 7.08. The van der Waals surface area contributed by atoms with Crippen LogP contribution in [-0.2, 0) is 4.79 Å². The molecular weight excluding hydrogens is 264 g/mol. The minimum Gasteiger partial charge on any atom is -0.341 e. The van der Waals surface area contributed by atoms with Crippen molar-refractivity contribution in [2.75, 3.05) is 47.3 Å². The van der Waals surface area contributed by atoms with Crippen LogP contribution < -0.4 is 5.73 Å². The third-order valence-electron chi connectivity index (χ3n) is 4.34. The van der Waals surface area contributed by atoms with Crippen LogP contribution in [0.4, 0.5) is 0 Å².